The molecule has 144 valence electrons. The maximum atomic E-state index is 12.4. The van der Waals surface area contributed by atoms with Gasteiger partial charge in [-0.2, -0.15) is 0 Å². The van der Waals surface area contributed by atoms with Crippen LogP contribution in [0, 0.1) is 6.92 Å². The molecule has 6 nitrogen and oxygen atoms in total. The zero-order valence-corrected chi connectivity index (χ0v) is 15.8. The van der Waals surface area contributed by atoms with Gasteiger partial charge in [-0.15, -0.1) is 0 Å². The highest BCUT2D eigenvalue weighted by Crippen LogP contribution is 2.31. The van der Waals surface area contributed by atoms with Gasteiger partial charge in [-0.3, -0.25) is 9.59 Å². The van der Waals surface area contributed by atoms with E-state index in [1.807, 2.05) is 31.2 Å². The fourth-order valence-corrected chi connectivity index (χ4v) is 2.91. The van der Waals surface area contributed by atoms with Crippen molar-refractivity contribution in [1.82, 2.24) is 5.32 Å². The zero-order valence-electron chi connectivity index (χ0n) is 15.8. The summed E-state index contributed by atoms with van der Waals surface area (Å²) in [5, 5.41) is 12.1. The van der Waals surface area contributed by atoms with Gasteiger partial charge in [0.2, 0.25) is 5.91 Å². The Labute approximate surface area is 159 Å². The van der Waals surface area contributed by atoms with Crippen molar-refractivity contribution in [2.45, 2.75) is 32.2 Å². The Balaban J connectivity index is 2.12. The summed E-state index contributed by atoms with van der Waals surface area (Å²) in [6.07, 6.45) is 0.629. The Kier molecular flexibility index (Phi) is 7.23. The lowest BCUT2D eigenvalue weighted by Gasteiger charge is -2.20. The number of aliphatic carboxylic acids is 1. The van der Waals surface area contributed by atoms with E-state index in [0.29, 0.717) is 23.5 Å². The molecule has 0 aliphatic heterocycles. The minimum atomic E-state index is -1.00. The standard InChI is InChI=1S/C21H25NO5/c1-14-5-4-6-15(11-14)7-10-20(23)22-18(13-21(24)25)17-9-8-16(26-2)12-19(17)27-3/h4-6,8-9,11-12,18H,7,10,13H2,1-3H3,(H,22,23)(H,24,25). The number of aryl methyl sites for hydroxylation is 2. The van der Waals surface area contributed by atoms with Crippen LogP contribution in [0.4, 0.5) is 0 Å². The number of ether oxygens (including phenoxy) is 2. The number of benzene rings is 2. The van der Waals surface area contributed by atoms with Crippen molar-refractivity contribution in [3.63, 3.8) is 0 Å². The number of hydrogen-bond donors (Lipinski definition) is 2. The quantitative estimate of drug-likeness (QED) is 0.707. The summed E-state index contributed by atoms with van der Waals surface area (Å²) in [7, 11) is 3.03. The Morgan fingerprint density at radius 2 is 1.89 bits per heavy atom. The maximum Gasteiger partial charge on any atom is 0.305 e. The molecule has 27 heavy (non-hydrogen) atoms. The predicted molar refractivity (Wildman–Crippen MR) is 102 cm³/mol. The summed E-state index contributed by atoms with van der Waals surface area (Å²) in [5.74, 6) is -0.146. The van der Waals surface area contributed by atoms with Crippen molar-refractivity contribution < 1.29 is 24.2 Å². The summed E-state index contributed by atoms with van der Waals surface area (Å²) < 4.78 is 10.5. The van der Waals surface area contributed by atoms with E-state index < -0.39 is 12.0 Å². The molecule has 0 aromatic heterocycles. The highest BCUT2D eigenvalue weighted by molar-refractivity contribution is 5.78. The van der Waals surface area contributed by atoms with Crippen molar-refractivity contribution in [2.24, 2.45) is 0 Å². The van der Waals surface area contributed by atoms with Gasteiger partial charge >= 0.3 is 5.97 Å². The van der Waals surface area contributed by atoms with Crippen LogP contribution in [-0.2, 0) is 16.0 Å². The largest absolute Gasteiger partial charge is 0.497 e. The number of amides is 1. The molecule has 0 saturated heterocycles. The van der Waals surface area contributed by atoms with Crippen LogP contribution in [-0.4, -0.2) is 31.2 Å². The topological polar surface area (TPSA) is 84.9 Å². The molecular formula is C21H25NO5. The van der Waals surface area contributed by atoms with Gasteiger partial charge in [0, 0.05) is 18.1 Å². The van der Waals surface area contributed by atoms with Crippen molar-refractivity contribution in [1.29, 1.82) is 0 Å². The van der Waals surface area contributed by atoms with Crippen LogP contribution in [0.5, 0.6) is 11.5 Å². The smallest absolute Gasteiger partial charge is 0.305 e. The highest BCUT2D eigenvalue weighted by Gasteiger charge is 2.22. The zero-order chi connectivity index (χ0) is 19.8. The van der Waals surface area contributed by atoms with E-state index in [-0.39, 0.29) is 18.7 Å². The Bertz CT molecular complexity index is 803. The average Bonchev–Trinajstić information content (AvgIpc) is 2.65. The van der Waals surface area contributed by atoms with Gasteiger partial charge < -0.3 is 19.9 Å². The molecule has 0 radical (unpaired) electrons. The van der Waals surface area contributed by atoms with Crippen molar-refractivity contribution in [3.05, 3.63) is 59.2 Å². The van der Waals surface area contributed by atoms with Gasteiger partial charge in [0.15, 0.2) is 0 Å². The fourth-order valence-electron chi connectivity index (χ4n) is 2.91. The molecule has 0 bridgehead atoms. The molecule has 2 aromatic rings. The molecule has 2 aromatic carbocycles. The van der Waals surface area contributed by atoms with Gasteiger partial charge in [-0.25, -0.2) is 0 Å². The Morgan fingerprint density at radius 3 is 2.52 bits per heavy atom. The van der Waals surface area contributed by atoms with Crippen LogP contribution >= 0.6 is 0 Å². The van der Waals surface area contributed by atoms with Crippen molar-refractivity contribution >= 4 is 11.9 Å². The van der Waals surface area contributed by atoms with Crippen LogP contribution in [0.15, 0.2) is 42.5 Å². The van der Waals surface area contributed by atoms with E-state index in [1.165, 1.54) is 14.2 Å². The normalized spacial score (nSPS) is 11.5. The summed E-state index contributed by atoms with van der Waals surface area (Å²) in [4.78, 5) is 23.7. The van der Waals surface area contributed by atoms with Crippen molar-refractivity contribution in [3.8, 4) is 11.5 Å². The molecule has 1 atom stereocenters. The van der Waals surface area contributed by atoms with E-state index in [4.69, 9.17) is 9.47 Å². The molecular weight excluding hydrogens is 346 g/mol. The molecule has 2 rings (SSSR count). The highest BCUT2D eigenvalue weighted by atomic mass is 16.5. The Hall–Kier alpha value is -3.02. The van der Waals surface area contributed by atoms with E-state index >= 15 is 0 Å². The second kappa shape index (κ2) is 9.62. The number of carbonyl (C=O) groups is 2. The molecule has 2 N–H and O–H groups in total. The molecule has 6 heteroatoms. The molecule has 0 fully saturated rings. The summed E-state index contributed by atoms with van der Waals surface area (Å²) in [6.45, 7) is 2.00. The molecule has 0 saturated carbocycles. The third kappa shape index (κ3) is 6.02. The number of carboxylic acids is 1. The first-order chi connectivity index (χ1) is 12.9. The first kappa shape index (κ1) is 20.3. The lowest BCUT2D eigenvalue weighted by Crippen LogP contribution is -2.30. The monoisotopic (exact) mass is 371 g/mol. The van der Waals surface area contributed by atoms with Crippen LogP contribution in [0.1, 0.15) is 35.6 Å². The number of carbonyl (C=O) groups excluding carboxylic acids is 1. The SMILES string of the molecule is COc1ccc(C(CC(=O)O)NC(=O)CCc2cccc(C)c2)c(OC)c1. The number of carboxylic acid groups (broad SMARTS) is 1. The van der Waals surface area contributed by atoms with E-state index in [0.717, 1.165) is 11.1 Å². The molecule has 1 amide bonds. The summed E-state index contributed by atoms with van der Waals surface area (Å²) >= 11 is 0. The first-order valence-corrected chi connectivity index (χ1v) is 8.71. The van der Waals surface area contributed by atoms with E-state index in [2.05, 4.69) is 5.32 Å². The Morgan fingerprint density at radius 1 is 1.11 bits per heavy atom. The van der Waals surface area contributed by atoms with E-state index in [9.17, 15) is 14.7 Å². The molecule has 0 heterocycles. The third-order valence-electron chi connectivity index (χ3n) is 4.25. The van der Waals surface area contributed by atoms with Crippen LogP contribution in [0.25, 0.3) is 0 Å². The molecule has 0 spiro atoms. The maximum absolute atomic E-state index is 12.4. The van der Waals surface area contributed by atoms with Crippen molar-refractivity contribution in [2.75, 3.05) is 14.2 Å². The minimum absolute atomic E-state index is 0.208. The predicted octanol–water partition coefficient (Wildman–Crippen LogP) is 3.28. The average molecular weight is 371 g/mol. The van der Waals surface area contributed by atoms with Gasteiger partial charge in [0.25, 0.3) is 0 Å². The second-order valence-electron chi connectivity index (χ2n) is 6.31. The van der Waals surface area contributed by atoms with Gasteiger partial charge in [-0.1, -0.05) is 29.8 Å². The number of nitrogens with one attached hydrogen (secondary N) is 1. The van der Waals surface area contributed by atoms with E-state index in [1.54, 1.807) is 18.2 Å². The number of rotatable bonds is 9. The van der Waals surface area contributed by atoms with Crippen LogP contribution in [0.3, 0.4) is 0 Å². The molecule has 0 aliphatic carbocycles. The summed E-state index contributed by atoms with van der Waals surface area (Å²) in [5.41, 5.74) is 2.81. The minimum Gasteiger partial charge on any atom is -0.497 e. The van der Waals surface area contributed by atoms with Crippen LogP contribution in [0.2, 0.25) is 0 Å². The van der Waals surface area contributed by atoms with Crippen LogP contribution < -0.4 is 14.8 Å². The first-order valence-electron chi connectivity index (χ1n) is 8.71. The summed E-state index contributed by atoms with van der Waals surface area (Å²) in [6, 6.07) is 12.4. The lowest BCUT2D eigenvalue weighted by atomic mass is 10.0. The van der Waals surface area contributed by atoms with Gasteiger partial charge in [-0.05, 0) is 31.0 Å². The third-order valence-corrected chi connectivity index (χ3v) is 4.25. The second-order valence-corrected chi connectivity index (χ2v) is 6.31. The number of hydrogen-bond acceptors (Lipinski definition) is 4. The van der Waals surface area contributed by atoms with Gasteiger partial charge in [0.1, 0.15) is 11.5 Å². The lowest BCUT2D eigenvalue weighted by molar-refractivity contribution is -0.137. The molecule has 0 aliphatic rings. The fraction of sp³-hybridized carbons (Fsp3) is 0.333. The van der Waals surface area contributed by atoms with Gasteiger partial charge in [0.05, 0.1) is 26.7 Å². The molecule has 1 unspecified atom stereocenters. The number of methoxy groups -OCH3 is 2.